The Morgan fingerprint density at radius 1 is 1.35 bits per heavy atom. The van der Waals surface area contributed by atoms with Crippen LogP contribution in [0.3, 0.4) is 0 Å². The molecule has 0 aromatic heterocycles. The van der Waals surface area contributed by atoms with Gasteiger partial charge in [-0.3, -0.25) is 0 Å². The lowest BCUT2D eigenvalue weighted by Gasteiger charge is -2.18. The van der Waals surface area contributed by atoms with Gasteiger partial charge in [0, 0.05) is 12.6 Å². The van der Waals surface area contributed by atoms with Gasteiger partial charge in [-0.25, -0.2) is 0 Å². The van der Waals surface area contributed by atoms with Crippen molar-refractivity contribution in [3.8, 4) is 11.5 Å². The topological polar surface area (TPSA) is 50.7 Å². The fourth-order valence-electron chi connectivity index (χ4n) is 1.83. The van der Waals surface area contributed by atoms with Gasteiger partial charge in [0.1, 0.15) is 0 Å². The summed E-state index contributed by atoms with van der Waals surface area (Å²) in [6.07, 6.45) is 0.978. The SMILES string of the molecule is CC[C@@H](CO)NCc1cc(Br)c(OC(C)C)c(OC)c1. The van der Waals surface area contributed by atoms with Crippen LogP contribution in [-0.4, -0.2) is 31.0 Å². The number of aliphatic hydroxyl groups is 1. The second-order valence-corrected chi connectivity index (χ2v) is 5.80. The summed E-state index contributed by atoms with van der Waals surface area (Å²) in [5.41, 5.74) is 1.08. The maximum Gasteiger partial charge on any atom is 0.175 e. The third kappa shape index (κ3) is 4.96. The van der Waals surface area contributed by atoms with E-state index in [-0.39, 0.29) is 18.8 Å². The summed E-state index contributed by atoms with van der Waals surface area (Å²) in [5.74, 6) is 1.43. The van der Waals surface area contributed by atoms with Crippen LogP contribution in [0.1, 0.15) is 32.8 Å². The minimum atomic E-state index is 0.0861. The molecule has 4 nitrogen and oxygen atoms in total. The van der Waals surface area contributed by atoms with Crippen LogP contribution in [0.25, 0.3) is 0 Å². The molecule has 0 aliphatic heterocycles. The molecular formula is C15H24BrNO3. The van der Waals surface area contributed by atoms with Crippen molar-refractivity contribution in [3.63, 3.8) is 0 Å². The van der Waals surface area contributed by atoms with Crippen molar-refractivity contribution >= 4 is 15.9 Å². The Kier molecular flexibility index (Phi) is 7.34. The van der Waals surface area contributed by atoms with E-state index >= 15 is 0 Å². The first-order valence-electron chi connectivity index (χ1n) is 6.89. The molecule has 0 unspecified atom stereocenters. The number of aliphatic hydroxyl groups excluding tert-OH is 1. The monoisotopic (exact) mass is 345 g/mol. The molecule has 114 valence electrons. The minimum Gasteiger partial charge on any atom is -0.493 e. The third-order valence-electron chi connectivity index (χ3n) is 2.95. The van der Waals surface area contributed by atoms with Crippen LogP contribution in [0.4, 0.5) is 0 Å². The van der Waals surface area contributed by atoms with E-state index in [1.807, 2.05) is 32.9 Å². The summed E-state index contributed by atoms with van der Waals surface area (Å²) in [6.45, 7) is 6.83. The molecule has 0 radical (unpaired) electrons. The minimum absolute atomic E-state index is 0.0861. The number of nitrogens with one attached hydrogen (secondary N) is 1. The molecule has 0 fully saturated rings. The van der Waals surface area contributed by atoms with E-state index in [2.05, 4.69) is 21.2 Å². The Labute approximate surface area is 129 Å². The predicted molar refractivity (Wildman–Crippen MR) is 84.5 cm³/mol. The van der Waals surface area contributed by atoms with Crippen molar-refractivity contribution in [1.29, 1.82) is 0 Å². The van der Waals surface area contributed by atoms with Gasteiger partial charge < -0.3 is 19.9 Å². The van der Waals surface area contributed by atoms with Gasteiger partial charge in [0.25, 0.3) is 0 Å². The lowest BCUT2D eigenvalue weighted by molar-refractivity contribution is 0.228. The third-order valence-corrected chi connectivity index (χ3v) is 3.54. The Hall–Kier alpha value is -0.780. The molecule has 0 amide bonds. The number of hydrogen-bond acceptors (Lipinski definition) is 4. The van der Waals surface area contributed by atoms with Gasteiger partial charge in [-0.05, 0) is 53.9 Å². The quantitative estimate of drug-likeness (QED) is 0.760. The maximum absolute atomic E-state index is 9.19. The van der Waals surface area contributed by atoms with Gasteiger partial charge in [0.05, 0.1) is 24.3 Å². The highest BCUT2D eigenvalue weighted by Crippen LogP contribution is 2.37. The Balaban J connectivity index is 2.87. The number of methoxy groups -OCH3 is 1. The van der Waals surface area contributed by atoms with Gasteiger partial charge in [0.15, 0.2) is 11.5 Å². The first kappa shape index (κ1) is 17.3. The molecule has 0 bridgehead atoms. The smallest absolute Gasteiger partial charge is 0.175 e. The molecule has 0 aliphatic rings. The molecule has 1 aromatic rings. The van der Waals surface area contributed by atoms with Crippen molar-refractivity contribution in [3.05, 3.63) is 22.2 Å². The number of hydrogen-bond donors (Lipinski definition) is 2. The Bertz CT molecular complexity index is 420. The van der Waals surface area contributed by atoms with Crippen LogP contribution < -0.4 is 14.8 Å². The second kappa shape index (κ2) is 8.49. The summed E-state index contributed by atoms with van der Waals surface area (Å²) in [5, 5.41) is 12.5. The van der Waals surface area contributed by atoms with Crippen molar-refractivity contribution < 1.29 is 14.6 Å². The van der Waals surface area contributed by atoms with Gasteiger partial charge in [-0.15, -0.1) is 0 Å². The summed E-state index contributed by atoms with van der Waals surface area (Å²) < 4.78 is 12.0. The van der Waals surface area contributed by atoms with Crippen molar-refractivity contribution in [2.45, 2.75) is 45.9 Å². The highest BCUT2D eigenvalue weighted by Gasteiger charge is 2.13. The molecule has 0 saturated heterocycles. The Morgan fingerprint density at radius 2 is 2.05 bits per heavy atom. The zero-order chi connectivity index (χ0) is 15.1. The maximum atomic E-state index is 9.19. The molecule has 2 N–H and O–H groups in total. The van der Waals surface area contributed by atoms with E-state index in [0.29, 0.717) is 12.3 Å². The first-order valence-corrected chi connectivity index (χ1v) is 7.68. The van der Waals surface area contributed by atoms with E-state index in [0.717, 1.165) is 22.2 Å². The predicted octanol–water partition coefficient (Wildman–Crippen LogP) is 3.11. The molecule has 0 saturated carbocycles. The number of ether oxygens (including phenoxy) is 2. The molecule has 1 aromatic carbocycles. The van der Waals surface area contributed by atoms with Crippen molar-refractivity contribution in [2.75, 3.05) is 13.7 Å². The zero-order valence-corrected chi connectivity index (χ0v) is 14.2. The van der Waals surface area contributed by atoms with Crippen LogP contribution in [-0.2, 0) is 6.54 Å². The summed E-state index contributed by atoms with van der Waals surface area (Å²) in [4.78, 5) is 0. The summed E-state index contributed by atoms with van der Waals surface area (Å²) in [6, 6.07) is 4.09. The average molecular weight is 346 g/mol. The summed E-state index contributed by atoms with van der Waals surface area (Å²) >= 11 is 3.53. The molecule has 1 rings (SSSR count). The van der Waals surface area contributed by atoms with Crippen LogP contribution in [0.2, 0.25) is 0 Å². The number of benzene rings is 1. The van der Waals surface area contributed by atoms with Gasteiger partial charge in [-0.2, -0.15) is 0 Å². The van der Waals surface area contributed by atoms with E-state index in [9.17, 15) is 5.11 Å². The molecule has 20 heavy (non-hydrogen) atoms. The molecule has 1 atom stereocenters. The second-order valence-electron chi connectivity index (χ2n) is 4.94. The summed E-state index contributed by atoms with van der Waals surface area (Å²) in [7, 11) is 1.63. The highest BCUT2D eigenvalue weighted by atomic mass is 79.9. The Morgan fingerprint density at radius 3 is 2.55 bits per heavy atom. The van der Waals surface area contributed by atoms with Crippen molar-refractivity contribution in [2.24, 2.45) is 0 Å². The average Bonchev–Trinajstić information content (AvgIpc) is 2.42. The molecule has 5 heteroatoms. The van der Waals surface area contributed by atoms with Crippen LogP contribution in [0.15, 0.2) is 16.6 Å². The molecule has 0 spiro atoms. The lowest BCUT2D eigenvalue weighted by Crippen LogP contribution is -2.31. The van der Waals surface area contributed by atoms with Gasteiger partial charge >= 0.3 is 0 Å². The largest absolute Gasteiger partial charge is 0.493 e. The van der Waals surface area contributed by atoms with Crippen LogP contribution in [0, 0.1) is 0 Å². The van der Waals surface area contributed by atoms with E-state index < -0.39 is 0 Å². The fourth-order valence-corrected chi connectivity index (χ4v) is 2.41. The molecule has 0 heterocycles. The van der Waals surface area contributed by atoms with E-state index in [1.54, 1.807) is 7.11 Å². The molecule has 0 aliphatic carbocycles. The lowest BCUT2D eigenvalue weighted by atomic mass is 10.1. The normalized spacial score (nSPS) is 12.6. The van der Waals surface area contributed by atoms with Crippen LogP contribution >= 0.6 is 15.9 Å². The van der Waals surface area contributed by atoms with E-state index in [4.69, 9.17) is 9.47 Å². The number of rotatable bonds is 8. The van der Waals surface area contributed by atoms with Gasteiger partial charge in [-0.1, -0.05) is 6.92 Å². The highest BCUT2D eigenvalue weighted by molar-refractivity contribution is 9.10. The standard InChI is InChI=1S/C15H24BrNO3/c1-5-12(9-18)17-8-11-6-13(16)15(20-10(2)3)14(7-11)19-4/h6-7,10,12,17-18H,5,8-9H2,1-4H3/t12-/m0/s1. The van der Waals surface area contributed by atoms with Crippen molar-refractivity contribution in [1.82, 2.24) is 5.32 Å². The van der Waals surface area contributed by atoms with Crippen LogP contribution in [0.5, 0.6) is 11.5 Å². The van der Waals surface area contributed by atoms with E-state index in [1.165, 1.54) is 0 Å². The fraction of sp³-hybridized carbons (Fsp3) is 0.600. The molecular weight excluding hydrogens is 322 g/mol. The zero-order valence-electron chi connectivity index (χ0n) is 12.6. The number of halogens is 1. The first-order chi connectivity index (χ1) is 9.51. The van der Waals surface area contributed by atoms with Gasteiger partial charge in [0.2, 0.25) is 0 Å².